The minimum atomic E-state index is 0.0653. The number of hydrogen-bond donors (Lipinski definition) is 0. The summed E-state index contributed by atoms with van der Waals surface area (Å²) in [5, 5.41) is 12.9. The molecule has 0 bridgehead atoms. The van der Waals surface area contributed by atoms with Gasteiger partial charge in [0.15, 0.2) is 0 Å². The Morgan fingerprint density at radius 3 is 1.47 bits per heavy atom. The van der Waals surface area contributed by atoms with E-state index in [1.54, 1.807) is 0 Å². The average Bonchev–Trinajstić information content (AvgIpc) is 3.14. The minimum Gasteiger partial charge on any atom is -0.458 e. The number of benzene rings is 9. The molecule has 3 heteroatoms. The van der Waals surface area contributed by atoms with Crippen LogP contribution in [0.3, 0.4) is 0 Å². The summed E-state index contributed by atoms with van der Waals surface area (Å²) in [6, 6.07) is 54.8. The molecule has 0 aliphatic carbocycles. The topological polar surface area (TPSA) is 18.5 Å². The van der Waals surface area contributed by atoms with Gasteiger partial charge in [-0.2, -0.15) is 0 Å². The summed E-state index contributed by atoms with van der Waals surface area (Å²) >= 11 is 0. The molecule has 47 heavy (non-hydrogen) atoms. The second-order valence-corrected chi connectivity index (χ2v) is 12.7. The molecular formula is C44H25BO2. The first-order chi connectivity index (χ1) is 23.3. The zero-order valence-corrected chi connectivity index (χ0v) is 25.3. The Bertz CT molecular complexity index is 2800. The molecule has 2 nitrogen and oxygen atoms in total. The van der Waals surface area contributed by atoms with E-state index in [0.29, 0.717) is 0 Å². The molecule has 0 saturated carbocycles. The van der Waals surface area contributed by atoms with E-state index < -0.39 is 0 Å². The van der Waals surface area contributed by atoms with Crippen molar-refractivity contribution < 1.29 is 9.47 Å². The first-order valence-corrected chi connectivity index (χ1v) is 16.2. The monoisotopic (exact) mass is 596 g/mol. The summed E-state index contributed by atoms with van der Waals surface area (Å²) in [7, 11) is 0. The number of para-hydroxylation sites is 1. The van der Waals surface area contributed by atoms with Gasteiger partial charge in [-0.1, -0.05) is 121 Å². The van der Waals surface area contributed by atoms with E-state index in [2.05, 4.69) is 133 Å². The molecule has 9 aromatic rings. The number of hydrogen-bond acceptors (Lipinski definition) is 2. The van der Waals surface area contributed by atoms with E-state index in [0.717, 1.165) is 34.0 Å². The van der Waals surface area contributed by atoms with Gasteiger partial charge in [0.2, 0.25) is 0 Å². The Morgan fingerprint density at radius 2 is 0.787 bits per heavy atom. The number of ether oxygens (including phenoxy) is 2. The molecule has 2 aliphatic rings. The van der Waals surface area contributed by atoms with Crippen molar-refractivity contribution >= 4 is 77.0 Å². The fraction of sp³-hybridized carbons (Fsp3) is 0. The molecule has 2 aliphatic heterocycles. The highest BCUT2D eigenvalue weighted by Gasteiger charge is 2.39. The summed E-state index contributed by atoms with van der Waals surface area (Å²) in [6.07, 6.45) is 0. The van der Waals surface area contributed by atoms with Crippen LogP contribution < -0.4 is 25.9 Å². The maximum atomic E-state index is 6.64. The highest BCUT2D eigenvalue weighted by atomic mass is 16.5. The van der Waals surface area contributed by atoms with E-state index in [1.807, 2.05) is 18.2 Å². The molecule has 0 spiro atoms. The third-order valence-electron chi connectivity index (χ3n) is 10.4. The van der Waals surface area contributed by atoms with Gasteiger partial charge < -0.3 is 9.47 Å². The van der Waals surface area contributed by atoms with Crippen LogP contribution >= 0.6 is 0 Å². The fourth-order valence-corrected chi connectivity index (χ4v) is 8.36. The Kier molecular flexibility index (Phi) is 4.95. The summed E-state index contributed by atoms with van der Waals surface area (Å²) in [5.74, 6) is 3.54. The Labute approximate surface area is 271 Å². The summed E-state index contributed by atoms with van der Waals surface area (Å²) in [6.45, 7) is 0.0653. The molecule has 0 radical (unpaired) electrons. The third kappa shape index (κ3) is 3.41. The van der Waals surface area contributed by atoms with Crippen molar-refractivity contribution in [3.63, 3.8) is 0 Å². The largest absolute Gasteiger partial charge is 0.458 e. The molecule has 0 fully saturated rings. The molecule has 0 unspecified atom stereocenters. The van der Waals surface area contributed by atoms with Gasteiger partial charge in [0.1, 0.15) is 23.0 Å². The van der Waals surface area contributed by atoms with E-state index in [9.17, 15) is 0 Å². The van der Waals surface area contributed by atoms with Crippen LogP contribution in [-0.2, 0) is 0 Å². The molecule has 9 aromatic carbocycles. The van der Waals surface area contributed by atoms with Crippen molar-refractivity contribution in [1.82, 2.24) is 0 Å². The van der Waals surface area contributed by atoms with Crippen molar-refractivity contribution in [3.8, 4) is 34.1 Å². The minimum absolute atomic E-state index is 0.0653. The maximum absolute atomic E-state index is 6.64. The molecule has 2 heterocycles. The molecule has 0 atom stereocenters. The lowest BCUT2D eigenvalue weighted by atomic mass is 9.35. The molecular weight excluding hydrogens is 571 g/mol. The highest BCUT2D eigenvalue weighted by Crippen LogP contribution is 2.45. The normalized spacial score (nSPS) is 13.0. The van der Waals surface area contributed by atoms with Crippen LogP contribution in [-0.4, -0.2) is 6.71 Å². The van der Waals surface area contributed by atoms with Crippen molar-refractivity contribution in [2.75, 3.05) is 0 Å². The first-order valence-electron chi connectivity index (χ1n) is 16.2. The van der Waals surface area contributed by atoms with Crippen LogP contribution in [0.5, 0.6) is 23.0 Å². The third-order valence-corrected chi connectivity index (χ3v) is 10.4. The van der Waals surface area contributed by atoms with Gasteiger partial charge in [0.25, 0.3) is 6.71 Å². The van der Waals surface area contributed by atoms with Gasteiger partial charge in [-0.05, 0) is 106 Å². The van der Waals surface area contributed by atoms with Crippen LogP contribution in [0, 0.1) is 0 Å². The lowest BCUT2D eigenvalue weighted by Crippen LogP contribution is -2.57. The van der Waals surface area contributed by atoms with Gasteiger partial charge in [0.05, 0.1) is 0 Å². The van der Waals surface area contributed by atoms with Crippen molar-refractivity contribution in [2.45, 2.75) is 0 Å². The molecule has 0 saturated heterocycles. The standard InChI is InChI=1S/C44H25BO2/c1-4-13-32-28(10-1)29-11-2-6-15-34(29)43-35-24-26(20-22-31(35)30-12-3-5-14-33(30)42(32)43)27-21-23-37-41(25-27)47-40-19-9-18-39-44(40)45(37)36-16-7-8-17-38(36)46-39/h1-25H. The number of fused-ring (bicyclic) bond motifs is 15. The second kappa shape index (κ2) is 9.25. The summed E-state index contributed by atoms with van der Waals surface area (Å²) in [4.78, 5) is 0. The lowest BCUT2D eigenvalue weighted by molar-refractivity contribution is 0.464. The maximum Gasteiger partial charge on any atom is 0.260 e. The Morgan fingerprint density at radius 1 is 0.319 bits per heavy atom. The zero-order valence-electron chi connectivity index (χ0n) is 25.3. The lowest BCUT2D eigenvalue weighted by Gasteiger charge is -2.32. The van der Waals surface area contributed by atoms with Gasteiger partial charge in [0, 0.05) is 5.46 Å². The molecule has 0 aromatic heterocycles. The van der Waals surface area contributed by atoms with Gasteiger partial charge >= 0.3 is 0 Å². The predicted octanol–water partition coefficient (Wildman–Crippen LogP) is 9.85. The average molecular weight is 596 g/mol. The van der Waals surface area contributed by atoms with Crippen LogP contribution in [0.15, 0.2) is 152 Å². The molecule has 216 valence electrons. The quantitative estimate of drug-likeness (QED) is 0.139. The second-order valence-electron chi connectivity index (χ2n) is 12.7. The van der Waals surface area contributed by atoms with Crippen molar-refractivity contribution in [1.29, 1.82) is 0 Å². The zero-order chi connectivity index (χ0) is 30.6. The highest BCUT2D eigenvalue weighted by molar-refractivity contribution is 6.98. The van der Waals surface area contributed by atoms with Crippen LogP contribution in [0.1, 0.15) is 0 Å². The number of rotatable bonds is 1. The van der Waals surface area contributed by atoms with Crippen molar-refractivity contribution in [3.05, 3.63) is 152 Å². The predicted molar refractivity (Wildman–Crippen MR) is 197 cm³/mol. The van der Waals surface area contributed by atoms with E-state index in [-0.39, 0.29) is 6.71 Å². The molecule has 11 rings (SSSR count). The Balaban J connectivity index is 1.18. The van der Waals surface area contributed by atoms with Gasteiger partial charge in [-0.15, -0.1) is 0 Å². The van der Waals surface area contributed by atoms with E-state index >= 15 is 0 Å². The smallest absolute Gasteiger partial charge is 0.260 e. The van der Waals surface area contributed by atoms with Crippen LogP contribution in [0.2, 0.25) is 0 Å². The van der Waals surface area contributed by atoms with Gasteiger partial charge in [-0.3, -0.25) is 0 Å². The summed E-state index contributed by atoms with van der Waals surface area (Å²) in [5.41, 5.74) is 5.75. The summed E-state index contributed by atoms with van der Waals surface area (Å²) < 4.78 is 13.0. The first kappa shape index (κ1) is 25.2. The Hall–Kier alpha value is -6.06. The molecule has 0 amide bonds. The fourth-order valence-electron chi connectivity index (χ4n) is 8.36. The van der Waals surface area contributed by atoms with Crippen LogP contribution in [0.4, 0.5) is 0 Å². The SMILES string of the molecule is c1ccc2c(c1)Oc1cccc3c1B2c1ccc(-c2ccc4c5ccccc5c5c6ccccc6c6ccccc6c5c4c2)cc1O3. The van der Waals surface area contributed by atoms with Crippen LogP contribution in [0.25, 0.3) is 65.0 Å². The van der Waals surface area contributed by atoms with E-state index in [1.165, 1.54) is 70.4 Å². The van der Waals surface area contributed by atoms with E-state index in [4.69, 9.17) is 9.47 Å². The molecule has 0 N–H and O–H groups in total. The van der Waals surface area contributed by atoms with Gasteiger partial charge in [-0.25, -0.2) is 0 Å². The van der Waals surface area contributed by atoms with Crippen molar-refractivity contribution in [2.24, 2.45) is 0 Å².